The normalized spacial score (nSPS) is 11.7. The average molecular weight is 596 g/mol. The van der Waals surface area contributed by atoms with Gasteiger partial charge in [-0.2, -0.15) is 5.10 Å². The minimum absolute atomic E-state index is 0.335. The molecule has 2 aromatic carbocycles. The van der Waals surface area contributed by atoms with Crippen molar-refractivity contribution in [1.29, 1.82) is 0 Å². The molecule has 6 aromatic rings. The zero-order chi connectivity index (χ0) is 30.5. The number of aryl methyl sites for hydroxylation is 1. The standard InChI is InChI=1S/C32H29N5O5S/c1-19-9-11-20(12-10-19)31-29(32(38)33-2)23-17-22(26(18-28(23)42-31)36(3)43(5,39)40)24-13-14-27(41-4)30(34-24)25-16-21-8-6-7-15-37(21)35-25/h6-18H,1-5H3,(H,33,38). The van der Waals surface area contributed by atoms with E-state index in [0.717, 1.165) is 22.9 Å². The molecule has 0 saturated heterocycles. The molecule has 0 bridgehead atoms. The van der Waals surface area contributed by atoms with Gasteiger partial charge in [-0.15, -0.1) is 0 Å². The first-order valence-corrected chi connectivity index (χ1v) is 15.3. The third kappa shape index (κ3) is 4.97. The number of ether oxygens (including phenoxy) is 1. The molecule has 0 aliphatic rings. The number of amides is 1. The molecule has 10 nitrogen and oxygen atoms in total. The molecule has 0 saturated carbocycles. The Bertz CT molecular complexity index is 2100. The Morgan fingerprint density at radius 1 is 1.02 bits per heavy atom. The summed E-state index contributed by atoms with van der Waals surface area (Å²) in [5.41, 5.74) is 5.70. The second-order valence-corrected chi connectivity index (χ2v) is 12.2. The van der Waals surface area contributed by atoms with Crippen molar-refractivity contribution in [3.8, 4) is 39.7 Å². The highest BCUT2D eigenvalue weighted by atomic mass is 32.2. The fraction of sp³-hybridized carbons (Fsp3) is 0.156. The van der Waals surface area contributed by atoms with Crippen LogP contribution in [-0.2, 0) is 10.0 Å². The smallest absolute Gasteiger partial charge is 0.255 e. The molecular weight excluding hydrogens is 566 g/mol. The van der Waals surface area contributed by atoms with Gasteiger partial charge in [0.1, 0.15) is 28.5 Å². The molecule has 218 valence electrons. The minimum atomic E-state index is -3.68. The van der Waals surface area contributed by atoms with Crippen molar-refractivity contribution < 1.29 is 22.4 Å². The number of pyridine rings is 2. The van der Waals surface area contributed by atoms with E-state index in [2.05, 4.69) is 10.4 Å². The van der Waals surface area contributed by atoms with Gasteiger partial charge < -0.3 is 14.5 Å². The second-order valence-electron chi connectivity index (χ2n) is 10.2. The monoisotopic (exact) mass is 595 g/mol. The lowest BCUT2D eigenvalue weighted by atomic mass is 10.00. The molecule has 0 unspecified atom stereocenters. The van der Waals surface area contributed by atoms with Crippen LogP contribution in [0, 0.1) is 6.92 Å². The second kappa shape index (κ2) is 10.6. The molecule has 43 heavy (non-hydrogen) atoms. The van der Waals surface area contributed by atoms with Crippen LogP contribution < -0.4 is 14.4 Å². The zero-order valence-corrected chi connectivity index (χ0v) is 25.1. The van der Waals surface area contributed by atoms with Crippen LogP contribution in [0.5, 0.6) is 5.75 Å². The van der Waals surface area contributed by atoms with Crippen LogP contribution in [0.25, 0.3) is 50.5 Å². The highest BCUT2D eigenvalue weighted by Gasteiger charge is 2.27. The molecule has 0 fully saturated rings. The van der Waals surface area contributed by atoms with E-state index in [-0.39, 0.29) is 5.91 Å². The minimum Gasteiger partial charge on any atom is -0.494 e. The van der Waals surface area contributed by atoms with Crippen molar-refractivity contribution in [2.45, 2.75) is 6.92 Å². The number of furan rings is 1. The number of hydrogen-bond acceptors (Lipinski definition) is 7. The summed E-state index contributed by atoms with van der Waals surface area (Å²) in [5.74, 6) is 0.549. The number of hydrogen-bond donors (Lipinski definition) is 1. The van der Waals surface area contributed by atoms with Gasteiger partial charge >= 0.3 is 0 Å². The summed E-state index contributed by atoms with van der Waals surface area (Å²) in [6.07, 6.45) is 2.97. The first-order chi connectivity index (χ1) is 20.6. The van der Waals surface area contributed by atoms with Crippen molar-refractivity contribution in [2.24, 2.45) is 0 Å². The van der Waals surface area contributed by atoms with E-state index >= 15 is 0 Å². The molecule has 4 aromatic heterocycles. The quantitative estimate of drug-likeness (QED) is 0.257. The number of carbonyl (C=O) groups excluding carboxylic acids is 1. The first-order valence-electron chi connectivity index (χ1n) is 13.4. The predicted octanol–water partition coefficient (Wildman–Crippen LogP) is 5.55. The molecule has 1 amide bonds. The Morgan fingerprint density at radius 3 is 2.47 bits per heavy atom. The van der Waals surface area contributed by atoms with Crippen LogP contribution >= 0.6 is 0 Å². The molecular formula is C32H29N5O5S. The Morgan fingerprint density at radius 2 is 1.79 bits per heavy atom. The fourth-order valence-corrected chi connectivity index (χ4v) is 5.54. The molecule has 0 aliphatic carbocycles. The number of anilines is 1. The van der Waals surface area contributed by atoms with Crippen molar-refractivity contribution in [2.75, 3.05) is 31.8 Å². The van der Waals surface area contributed by atoms with Crippen LogP contribution in [0.1, 0.15) is 15.9 Å². The van der Waals surface area contributed by atoms with Gasteiger partial charge in [-0.05, 0) is 43.3 Å². The van der Waals surface area contributed by atoms with E-state index in [1.807, 2.05) is 61.7 Å². The number of carbonyl (C=O) groups is 1. The van der Waals surface area contributed by atoms with Crippen LogP contribution in [0.2, 0.25) is 0 Å². The molecule has 0 aliphatic heterocycles. The molecule has 0 radical (unpaired) electrons. The highest BCUT2D eigenvalue weighted by molar-refractivity contribution is 7.92. The number of fused-ring (bicyclic) bond motifs is 2. The van der Waals surface area contributed by atoms with E-state index in [0.29, 0.717) is 56.4 Å². The zero-order valence-electron chi connectivity index (χ0n) is 24.2. The van der Waals surface area contributed by atoms with Gasteiger partial charge in [0.15, 0.2) is 0 Å². The van der Waals surface area contributed by atoms with Crippen molar-refractivity contribution in [3.05, 3.63) is 90.1 Å². The van der Waals surface area contributed by atoms with Crippen molar-refractivity contribution >= 4 is 38.1 Å². The number of nitrogens with one attached hydrogen (secondary N) is 1. The Balaban J connectivity index is 1.64. The van der Waals surface area contributed by atoms with Gasteiger partial charge in [-0.25, -0.2) is 17.9 Å². The first kappa shape index (κ1) is 28.0. The number of benzene rings is 2. The summed E-state index contributed by atoms with van der Waals surface area (Å²) in [7, 11) is 0.893. The Hall–Kier alpha value is -5.16. The molecule has 4 heterocycles. The number of nitrogens with zero attached hydrogens (tertiary/aromatic N) is 4. The van der Waals surface area contributed by atoms with E-state index in [9.17, 15) is 13.2 Å². The summed E-state index contributed by atoms with van der Waals surface area (Å²) in [4.78, 5) is 18.2. The van der Waals surface area contributed by atoms with E-state index in [1.54, 1.807) is 42.9 Å². The van der Waals surface area contributed by atoms with Crippen LogP contribution in [0.3, 0.4) is 0 Å². The van der Waals surface area contributed by atoms with Crippen LogP contribution in [0.4, 0.5) is 5.69 Å². The molecule has 0 spiro atoms. The summed E-state index contributed by atoms with van der Waals surface area (Å²) in [6, 6.07) is 22.2. The molecule has 6 rings (SSSR count). The van der Waals surface area contributed by atoms with E-state index in [4.69, 9.17) is 14.1 Å². The van der Waals surface area contributed by atoms with Gasteiger partial charge in [0, 0.05) is 42.9 Å². The lowest BCUT2D eigenvalue weighted by Crippen LogP contribution is -2.25. The molecule has 0 atom stereocenters. The molecule has 11 heteroatoms. The third-order valence-electron chi connectivity index (χ3n) is 7.38. The maximum atomic E-state index is 13.3. The highest BCUT2D eigenvalue weighted by Crippen LogP contribution is 2.42. The van der Waals surface area contributed by atoms with Crippen molar-refractivity contribution in [1.82, 2.24) is 19.9 Å². The SMILES string of the molecule is CNC(=O)c1c(-c2ccc(C)cc2)oc2cc(N(C)S(C)(=O)=O)c(-c3ccc(OC)c(-c4cc5ccccn5n4)n3)cc12. The summed E-state index contributed by atoms with van der Waals surface area (Å²) < 4.78 is 40.4. The number of aromatic nitrogens is 3. The number of rotatable bonds is 7. The Labute approximate surface area is 248 Å². The topological polar surface area (TPSA) is 119 Å². The lowest BCUT2D eigenvalue weighted by Gasteiger charge is -2.20. The van der Waals surface area contributed by atoms with Crippen LogP contribution in [0.15, 0.2) is 83.4 Å². The largest absolute Gasteiger partial charge is 0.494 e. The lowest BCUT2D eigenvalue weighted by molar-refractivity contribution is 0.0964. The molecule has 1 N–H and O–H groups in total. The summed E-state index contributed by atoms with van der Waals surface area (Å²) >= 11 is 0. The van der Waals surface area contributed by atoms with Gasteiger partial charge in [0.2, 0.25) is 10.0 Å². The summed E-state index contributed by atoms with van der Waals surface area (Å²) in [6.45, 7) is 1.98. The fourth-order valence-electron chi connectivity index (χ4n) is 5.03. The maximum Gasteiger partial charge on any atom is 0.255 e. The Kier molecular flexibility index (Phi) is 6.89. The number of sulfonamides is 1. The van der Waals surface area contributed by atoms with Crippen LogP contribution in [-0.4, -0.2) is 56.4 Å². The summed E-state index contributed by atoms with van der Waals surface area (Å²) in [5, 5.41) is 7.89. The van der Waals surface area contributed by atoms with Gasteiger partial charge in [0.25, 0.3) is 5.91 Å². The van der Waals surface area contributed by atoms with E-state index in [1.165, 1.54) is 11.4 Å². The van der Waals surface area contributed by atoms with Gasteiger partial charge in [-0.1, -0.05) is 35.9 Å². The number of methoxy groups -OCH3 is 1. The van der Waals surface area contributed by atoms with E-state index < -0.39 is 10.0 Å². The van der Waals surface area contributed by atoms with Gasteiger partial charge in [0.05, 0.1) is 35.8 Å². The third-order valence-corrected chi connectivity index (χ3v) is 8.57. The maximum absolute atomic E-state index is 13.3. The predicted molar refractivity (Wildman–Crippen MR) is 167 cm³/mol. The van der Waals surface area contributed by atoms with Crippen molar-refractivity contribution in [3.63, 3.8) is 0 Å². The average Bonchev–Trinajstić information content (AvgIpc) is 3.61. The van der Waals surface area contributed by atoms with Gasteiger partial charge in [-0.3, -0.25) is 9.10 Å².